The van der Waals surface area contributed by atoms with Crippen molar-refractivity contribution >= 4 is 5.97 Å². The van der Waals surface area contributed by atoms with Gasteiger partial charge in [0.05, 0.1) is 24.2 Å². The Morgan fingerprint density at radius 1 is 1.00 bits per heavy atom. The zero-order chi connectivity index (χ0) is 14.2. The van der Waals surface area contributed by atoms with Crippen molar-refractivity contribution < 1.29 is 19.4 Å². The van der Waals surface area contributed by atoms with Crippen LogP contribution in [-0.2, 0) is 14.3 Å². The lowest BCUT2D eigenvalue weighted by Gasteiger charge is -2.20. The van der Waals surface area contributed by atoms with Crippen LogP contribution in [0.2, 0.25) is 0 Å². The summed E-state index contributed by atoms with van der Waals surface area (Å²) in [6.45, 7) is 11.4. The quantitative estimate of drug-likeness (QED) is 0.647. The number of carboxylic acids is 1. The van der Waals surface area contributed by atoms with Gasteiger partial charge in [0, 0.05) is 6.61 Å². The molecule has 0 saturated heterocycles. The Hall–Kier alpha value is -0.610. The van der Waals surface area contributed by atoms with Crippen LogP contribution >= 0.6 is 0 Å². The fraction of sp³-hybridized carbons (Fsp3) is 0.929. The Morgan fingerprint density at radius 2 is 1.61 bits per heavy atom. The van der Waals surface area contributed by atoms with Crippen molar-refractivity contribution in [3.05, 3.63) is 0 Å². The first-order valence-corrected chi connectivity index (χ1v) is 6.60. The summed E-state index contributed by atoms with van der Waals surface area (Å²) in [5, 5.41) is 8.94. The van der Waals surface area contributed by atoms with Gasteiger partial charge in [-0.05, 0) is 47.5 Å². The number of ether oxygens (including phenoxy) is 2. The van der Waals surface area contributed by atoms with E-state index in [-0.39, 0.29) is 5.60 Å². The molecule has 108 valence electrons. The Morgan fingerprint density at radius 3 is 2.11 bits per heavy atom. The molecule has 0 aromatic heterocycles. The summed E-state index contributed by atoms with van der Waals surface area (Å²) in [6, 6.07) is 0. The van der Waals surface area contributed by atoms with E-state index >= 15 is 0 Å². The third kappa shape index (κ3) is 9.42. The minimum Gasteiger partial charge on any atom is -0.481 e. The Labute approximate surface area is 111 Å². The lowest BCUT2D eigenvalue weighted by molar-refractivity contribution is -0.147. The highest BCUT2D eigenvalue weighted by molar-refractivity contribution is 5.73. The van der Waals surface area contributed by atoms with Crippen LogP contribution in [0, 0.1) is 5.41 Å². The van der Waals surface area contributed by atoms with E-state index in [2.05, 4.69) is 0 Å². The van der Waals surface area contributed by atoms with E-state index in [1.807, 2.05) is 20.8 Å². The first-order valence-electron chi connectivity index (χ1n) is 6.60. The molecule has 0 amide bonds. The fourth-order valence-corrected chi connectivity index (χ4v) is 1.39. The van der Waals surface area contributed by atoms with Crippen molar-refractivity contribution in [3.8, 4) is 0 Å². The number of unbranched alkanes of at least 4 members (excludes halogenated alkanes) is 1. The van der Waals surface area contributed by atoms with Gasteiger partial charge in [0.1, 0.15) is 0 Å². The molecule has 0 atom stereocenters. The first kappa shape index (κ1) is 17.4. The van der Waals surface area contributed by atoms with Crippen molar-refractivity contribution in [1.82, 2.24) is 0 Å². The second-order valence-corrected chi connectivity index (χ2v) is 6.22. The van der Waals surface area contributed by atoms with E-state index in [1.165, 1.54) is 0 Å². The van der Waals surface area contributed by atoms with E-state index in [9.17, 15) is 4.79 Å². The summed E-state index contributed by atoms with van der Waals surface area (Å²) >= 11 is 0. The van der Waals surface area contributed by atoms with Crippen LogP contribution in [0.15, 0.2) is 0 Å². The molecule has 0 aliphatic heterocycles. The van der Waals surface area contributed by atoms with Crippen LogP contribution in [0.5, 0.6) is 0 Å². The second kappa shape index (κ2) is 7.74. The van der Waals surface area contributed by atoms with Crippen molar-refractivity contribution in [3.63, 3.8) is 0 Å². The number of hydrogen-bond donors (Lipinski definition) is 1. The van der Waals surface area contributed by atoms with E-state index < -0.39 is 11.4 Å². The predicted octanol–water partition coefficient (Wildman–Crippen LogP) is 3.10. The van der Waals surface area contributed by atoms with Crippen LogP contribution in [0.4, 0.5) is 0 Å². The van der Waals surface area contributed by atoms with Crippen LogP contribution in [0.3, 0.4) is 0 Å². The van der Waals surface area contributed by atoms with Gasteiger partial charge in [-0.3, -0.25) is 4.79 Å². The van der Waals surface area contributed by atoms with E-state index in [4.69, 9.17) is 14.6 Å². The normalized spacial score (nSPS) is 12.7. The highest BCUT2D eigenvalue weighted by Crippen LogP contribution is 2.23. The molecule has 0 heterocycles. The first-order chi connectivity index (χ1) is 8.15. The number of carbonyl (C=O) groups is 1. The van der Waals surface area contributed by atoms with Crippen LogP contribution in [-0.4, -0.2) is 36.5 Å². The standard InChI is InChI=1S/C14H28O4/c1-13(2,3)18-11-10-17-9-7-6-8-14(4,5)12(15)16/h6-11H2,1-5H3,(H,15,16). The molecule has 4 nitrogen and oxygen atoms in total. The minimum atomic E-state index is -0.734. The largest absolute Gasteiger partial charge is 0.481 e. The van der Waals surface area contributed by atoms with Crippen LogP contribution in [0.1, 0.15) is 53.9 Å². The SMILES string of the molecule is CC(C)(C)OCCOCCCCC(C)(C)C(=O)O. The molecule has 0 fully saturated rings. The number of hydrogen-bond acceptors (Lipinski definition) is 3. The summed E-state index contributed by atoms with van der Waals surface area (Å²) in [5.41, 5.74) is -0.746. The molecule has 18 heavy (non-hydrogen) atoms. The summed E-state index contributed by atoms with van der Waals surface area (Å²) in [5.74, 6) is -0.734. The highest BCUT2D eigenvalue weighted by Gasteiger charge is 2.25. The monoisotopic (exact) mass is 260 g/mol. The van der Waals surface area contributed by atoms with E-state index in [1.54, 1.807) is 13.8 Å². The van der Waals surface area contributed by atoms with Gasteiger partial charge in [-0.2, -0.15) is 0 Å². The lowest BCUT2D eigenvalue weighted by atomic mass is 9.87. The van der Waals surface area contributed by atoms with Crippen LogP contribution < -0.4 is 0 Å². The summed E-state index contributed by atoms with van der Waals surface area (Å²) < 4.78 is 11.0. The summed E-state index contributed by atoms with van der Waals surface area (Å²) in [7, 11) is 0. The lowest BCUT2D eigenvalue weighted by Crippen LogP contribution is -2.23. The topological polar surface area (TPSA) is 55.8 Å². The highest BCUT2D eigenvalue weighted by atomic mass is 16.5. The second-order valence-electron chi connectivity index (χ2n) is 6.22. The molecule has 0 aromatic rings. The maximum atomic E-state index is 10.9. The third-order valence-corrected chi connectivity index (χ3v) is 2.68. The molecular formula is C14H28O4. The van der Waals surface area contributed by atoms with Gasteiger partial charge in [-0.25, -0.2) is 0 Å². The van der Waals surface area contributed by atoms with Gasteiger partial charge in [-0.15, -0.1) is 0 Å². The van der Waals surface area contributed by atoms with Crippen molar-refractivity contribution in [2.75, 3.05) is 19.8 Å². The summed E-state index contributed by atoms with van der Waals surface area (Å²) in [4.78, 5) is 10.9. The average Bonchev–Trinajstić information content (AvgIpc) is 2.20. The molecule has 1 N–H and O–H groups in total. The van der Waals surface area contributed by atoms with Crippen molar-refractivity contribution in [1.29, 1.82) is 0 Å². The Balaban J connectivity index is 3.40. The fourth-order valence-electron chi connectivity index (χ4n) is 1.39. The minimum absolute atomic E-state index is 0.116. The van der Waals surface area contributed by atoms with Gasteiger partial charge in [0.2, 0.25) is 0 Å². The maximum absolute atomic E-state index is 10.9. The molecule has 0 rings (SSSR count). The molecule has 0 radical (unpaired) electrons. The van der Waals surface area contributed by atoms with Crippen LogP contribution in [0.25, 0.3) is 0 Å². The molecule has 0 unspecified atom stereocenters. The Kier molecular flexibility index (Phi) is 7.48. The number of aliphatic carboxylic acids is 1. The molecule has 0 aliphatic rings. The molecular weight excluding hydrogens is 232 g/mol. The Bertz CT molecular complexity index is 241. The maximum Gasteiger partial charge on any atom is 0.309 e. The molecule has 0 spiro atoms. The third-order valence-electron chi connectivity index (χ3n) is 2.68. The predicted molar refractivity (Wildman–Crippen MR) is 71.8 cm³/mol. The zero-order valence-electron chi connectivity index (χ0n) is 12.4. The zero-order valence-corrected chi connectivity index (χ0v) is 12.4. The van der Waals surface area contributed by atoms with E-state index in [0.29, 0.717) is 26.2 Å². The average molecular weight is 260 g/mol. The number of carboxylic acid groups (broad SMARTS) is 1. The van der Waals surface area contributed by atoms with Gasteiger partial charge < -0.3 is 14.6 Å². The molecule has 4 heteroatoms. The molecule has 0 bridgehead atoms. The summed E-state index contributed by atoms with van der Waals surface area (Å²) in [6.07, 6.45) is 2.45. The smallest absolute Gasteiger partial charge is 0.309 e. The van der Waals surface area contributed by atoms with Gasteiger partial charge >= 0.3 is 5.97 Å². The molecule has 0 saturated carbocycles. The molecule has 0 aliphatic carbocycles. The van der Waals surface area contributed by atoms with E-state index in [0.717, 1.165) is 12.8 Å². The van der Waals surface area contributed by atoms with Crippen molar-refractivity contribution in [2.24, 2.45) is 5.41 Å². The number of rotatable bonds is 9. The van der Waals surface area contributed by atoms with Gasteiger partial charge in [-0.1, -0.05) is 6.42 Å². The van der Waals surface area contributed by atoms with Gasteiger partial charge in [0.25, 0.3) is 0 Å². The van der Waals surface area contributed by atoms with Crippen molar-refractivity contribution in [2.45, 2.75) is 59.5 Å². The molecule has 0 aromatic carbocycles. The van der Waals surface area contributed by atoms with Gasteiger partial charge in [0.15, 0.2) is 0 Å².